The van der Waals surface area contributed by atoms with Crippen LogP contribution < -0.4 is 15.8 Å². The topological polar surface area (TPSA) is 64.3 Å². The van der Waals surface area contributed by atoms with Crippen molar-refractivity contribution in [1.82, 2.24) is 0 Å². The molecule has 1 amide bonds. The number of fused-ring (bicyclic) bond motifs is 1. The molecule has 0 saturated carbocycles. The molecule has 4 nitrogen and oxygen atoms in total. The van der Waals surface area contributed by atoms with Gasteiger partial charge in [0.05, 0.1) is 10.7 Å². The number of aryl methyl sites for hydroxylation is 1. The Morgan fingerprint density at radius 2 is 2.22 bits per heavy atom. The van der Waals surface area contributed by atoms with E-state index < -0.39 is 0 Å². The van der Waals surface area contributed by atoms with Crippen molar-refractivity contribution < 1.29 is 9.53 Å². The molecule has 92 valence electrons. The number of nitrogens with two attached hydrogens (primary N) is 1. The lowest BCUT2D eigenvalue weighted by molar-refractivity contribution is -0.118. The van der Waals surface area contributed by atoms with Crippen molar-refractivity contribution in [2.24, 2.45) is 0 Å². The van der Waals surface area contributed by atoms with Gasteiger partial charge in [-0.05, 0) is 30.7 Å². The van der Waals surface area contributed by atoms with Gasteiger partial charge in [0.25, 0.3) is 5.91 Å². The number of hydrogen-bond donors (Lipinski definition) is 2. The van der Waals surface area contributed by atoms with Crippen LogP contribution in [0.5, 0.6) is 5.75 Å². The summed E-state index contributed by atoms with van der Waals surface area (Å²) in [7, 11) is 0. The Morgan fingerprint density at radius 3 is 2.94 bits per heavy atom. The van der Waals surface area contributed by atoms with Crippen LogP contribution in [0.2, 0.25) is 0 Å². The molecule has 0 spiro atoms. The zero-order chi connectivity index (χ0) is 12.7. The normalized spacial score (nSPS) is 13.7. The van der Waals surface area contributed by atoms with Gasteiger partial charge in [0, 0.05) is 10.4 Å². The number of carbonyl (C=O) groups is 1. The van der Waals surface area contributed by atoms with Crippen molar-refractivity contribution in [3.05, 3.63) is 29.1 Å². The predicted molar refractivity (Wildman–Crippen MR) is 73.0 cm³/mol. The van der Waals surface area contributed by atoms with Gasteiger partial charge in [-0.3, -0.25) is 4.79 Å². The standard InChI is InChI=1S/C13H12N2O2S/c1-7-4-9(13(14)18-7)8-2-3-11-10(5-8)15-12(16)6-17-11/h2-5H,6,14H2,1H3,(H,15,16). The predicted octanol–water partition coefficient (Wildman–Crippen LogP) is 2.64. The van der Waals surface area contributed by atoms with E-state index >= 15 is 0 Å². The molecule has 1 aliphatic rings. The summed E-state index contributed by atoms with van der Waals surface area (Å²) in [6, 6.07) is 7.75. The fourth-order valence-electron chi connectivity index (χ4n) is 2.01. The van der Waals surface area contributed by atoms with Crippen LogP contribution in [0.1, 0.15) is 4.88 Å². The minimum Gasteiger partial charge on any atom is -0.482 e. The van der Waals surface area contributed by atoms with Crippen LogP contribution >= 0.6 is 11.3 Å². The van der Waals surface area contributed by atoms with Crippen LogP contribution in [0.4, 0.5) is 10.7 Å². The summed E-state index contributed by atoms with van der Waals surface area (Å²) in [6.07, 6.45) is 0. The third-order valence-electron chi connectivity index (χ3n) is 2.81. The van der Waals surface area contributed by atoms with Crippen molar-refractivity contribution >= 4 is 27.9 Å². The smallest absolute Gasteiger partial charge is 0.262 e. The summed E-state index contributed by atoms with van der Waals surface area (Å²) in [5, 5.41) is 3.58. The second kappa shape index (κ2) is 4.03. The van der Waals surface area contributed by atoms with E-state index in [4.69, 9.17) is 10.5 Å². The fourth-order valence-corrected chi connectivity index (χ4v) is 2.82. The van der Waals surface area contributed by atoms with Gasteiger partial charge >= 0.3 is 0 Å². The second-order valence-electron chi connectivity index (χ2n) is 4.18. The van der Waals surface area contributed by atoms with Gasteiger partial charge < -0.3 is 15.8 Å². The molecule has 0 saturated heterocycles. The maximum Gasteiger partial charge on any atom is 0.262 e. The number of amides is 1. The maximum absolute atomic E-state index is 11.3. The maximum atomic E-state index is 11.3. The van der Waals surface area contributed by atoms with E-state index in [1.54, 1.807) is 11.3 Å². The molecule has 1 aromatic heterocycles. The second-order valence-corrected chi connectivity index (χ2v) is 5.47. The molecular formula is C13H12N2O2S. The lowest BCUT2D eigenvalue weighted by atomic mass is 10.1. The van der Waals surface area contributed by atoms with E-state index in [1.165, 1.54) is 4.88 Å². The van der Waals surface area contributed by atoms with Crippen LogP contribution in [0.25, 0.3) is 11.1 Å². The number of hydrogen-bond acceptors (Lipinski definition) is 4. The summed E-state index contributed by atoms with van der Waals surface area (Å²) in [5.74, 6) is 0.568. The average molecular weight is 260 g/mol. The summed E-state index contributed by atoms with van der Waals surface area (Å²) < 4.78 is 5.32. The van der Waals surface area contributed by atoms with Crippen LogP contribution in [0.15, 0.2) is 24.3 Å². The first-order valence-corrected chi connectivity index (χ1v) is 6.38. The molecule has 0 fully saturated rings. The highest BCUT2D eigenvalue weighted by Crippen LogP contribution is 2.37. The van der Waals surface area contributed by atoms with Crippen molar-refractivity contribution in [1.29, 1.82) is 0 Å². The van der Waals surface area contributed by atoms with Gasteiger partial charge in [-0.2, -0.15) is 0 Å². The highest BCUT2D eigenvalue weighted by molar-refractivity contribution is 7.16. The molecule has 5 heteroatoms. The van der Waals surface area contributed by atoms with Crippen LogP contribution in [0, 0.1) is 6.92 Å². The number of carbonyl (C=O) groups excluding carboxylic acids is 1. The largest absolute Gasteiger partial charge is 0.482 e. The van der Waals surface area contributed by atoms with E-state index in [2.05, 4.69) is 5.32 Å². The van der Waals surface area contributed by atoms with E-state index in [1.807, 2.05) is 31.2 Å². The van der Waals surface area contributed by atoms with Crippen molar-refractivity contribution in [2.75, 3.05) is 17.7 Å². The number of ether oxygens (including phenoxy) is 1. The number of nitrogens with one attached hydrogen (secondary N) is 1. The summed E-state index contributed by atoms with van der Waals surface area (Å²) in [6.45, 7) is 2.10. The zero-order valence-electron chi connectivity index (χ0n) is 9.82. The first-order chi connectivity index (χ1) is 8.63. The summed E-state index contributed by atoms with van der Waals surface area (Å²) in [5.41, 5.74) is 8.67. The molecule has 2 heterocycles. The van der Waals surface area contributed by atoms with Crippen molar-refractivity contribution in [3.63, 3.8) is 0 Å². The van der Waals surface area contributed by atoms with E-state index in [0.717, 1.165) is 16.1 Å². The van der Waals surface area contributed by atoms with Crippen molar-refractivity contribution in [2.45, 2.75) is 6.92 Å². The highest BCUT2D eigenvalue weighted by Gasteiger charge is 2.17. The Labute approximate surface area is 108 Å². The Morgan fingerprint density at radius 1 is 1.39 bits per heavy atom. The molecule has 0 aliphatic carbocycles. The first-order valence-electron chi connectivity index (χ1n) is 5.56. The summed E-state index contributed by atoms with van der Waals surface area (Å²) >= 11 is 1.56. The first kappa shape index (κ1) is 11.1. The SMILES string of the molecule is Cc1cc(-c2ccc3c(c2)NC(=O)CO3)c(N)s1. The Balaban J connectivity index is 2.07. The number of thiophene rings is 1. The third-order valence-corrected chi connectivity index (χ3v) is 3.69. The Kier molecular flexibility index (Phi) is 2.48. The Bertz CT molecular complexity index is 634. The number of nitrogen functional groups attached to an aromatic ring is 1. The van der Waals surface area contributed by atoms with Gasteiger partial charge in [0.2, 0.25) is 0 Å². The molecule has 2 aromatic rings. The van der Waals surface area contributed by atoms with Crippen LogP contribution in [-0.2, 0) is 4.79 Å². The lowest BCUT2D eigenvalue weighted by Gasteiger charge is -2.18. The van der Waals surface area contributed by atoms with Gasteiger partial charge in [-0.1, -0.05) is 6.07 Å². The number of rotatable bonds is 1. The van der Waals surface area contributed by atoms with E-state index in [9.17, 15) is 4.79 Å². The third kappa shape index (κ3) is 1.82. The molecule has 1 aliphatic heterocycles. The van der Waals surface area contributed by atoms with E-state index in [0.29, 0.717) is 11.4 Å². The van der Waals surface area contributed by atoms with Crippen LogP contribution in [-0.4, -0.2) is 12.5 Å². The van der Waals surface area contributed by atoms with Gasteiger partial charge in [-0.25, -0.2) is 0 Å². The molecular weight excluding hydrogens is 248 g/mol. The number of benzene rings is 1. The van der Waals surface area contributed by atoms with Gasteiger partial charge in [0.1, 0.15) is 5.75 Å². The number of anilines is 2. The molecule has 18 heavy (non-hydrogen) atoms. The van der Waals surface area contributed by atoms with Gasteiger partial charge in [-0.15, -0.1) is 11.3 Å². The molecule has 3 N–H and O–H groups in total. The lowest BCUT2D eigenvalue weighted by Crippen LogP contribution is -2.25. The van der Waals surface area contributed by atoms with Crippen LogP contribution in [0.3, 0.4) is 0 Å². The van der Waals surface area contributed by atoms with Crippen molar-refractivity contribution in [3.8, 4) is 16.9 Å². The Hall–Kier alpha value is -2.01. The molecule has 1 aromatic carbocycles. The minimum atomic E-state index is -0.130. The minimum absolute atomic E-state index is 0.0754. The molecule has 3 rings (SSSR count). The molecule has 0 radical (unpaired) electrons. The fraction of sp³-hybridized carbons (Fsp3) is 0.154. The molecule has 0 atom stereocenters. The van der Waals surface area contributed by atoms with Gasteiger partial charge in [0.15, 0.2) is 6.61 Å². The average Bonchev–Trinajstić information content (AvgIpc) is 2.67. The summed E-state index contributed by atoms with van der Waals surface area (Å²) in [4.78, 5) is 12.5. The monoisotopic (exact) mass is 260 g/mol. The zero-order valence-corrected chi connectivity index (χ0v) is 10.6. The molecule has 0 unspecified atom stereocenters. The van der Waals surface area contributed by atoms with E-state index in [-0.39, 0.29) is 12.5 Å². The highest BCUT2D eigenvalue weighted by atomic mass is 32.1. The quantitative estimate of drug-likeness (QED) is 0.828. The molecule has 0 bridgehead atoms.